The molecule has 1 aliphatic carbocycles. The number of halogens is 2. The third-order valence-corrected chi connectivity index (χ3v) is 7.68. The van der Waals surface area contributed by atoms with Crippen molar-refractivity contribution in [1.29, 1.82) is 0 Å². The fraction of sp³-hybridized carbons (Fsp3) is 0.667. The number of carboxylic acid groups (broad SMARTS) is 1. The summed E-state index contributed by atoms with van der Waals surface area (Å²) in [7, 11) is 0. The Kier molecular flexibility index (Phi) is 5.33. The number of nitrogens with zero attached hydrogens (tertiary/aromatic N) is 6. The lowest BCUT2D eigenvalue weighted by atomic mass is 9.79. The van der Waals surface area contributed by atoms with Crippen LogP contribution in [0, 0.1) is 5.41 Å². The van der Waals surface area contributed by atoms with Crippen LogP contribution in [0.2, 0.25) is 0 Å². The molecule has 0 saturated carbocycles. The SMILES string of the molecule is CC1CCN1c1nc(-c2cnn(C3CCN(C(=O)O)C(C(C)(C)C)C3)c2)c2c(n1)C(F)(F)CC2. The van der Waals surface area contributed by atoms with Crippen molar-refractivity contribution in [2.45, 2.75) is 83.8 Å². The smallest absolute Gasteiger partial charge is 0.407 e. The van der Waals surface area contributed by atoms with Crippen molar-refractivity contribution in [2.75, 3.05) is 18.0 Å². The number of carbonyl (C=O) groups is 1. The Balaban J connectivity index is 1.48. The van der Waals surface area contributed by atoms with Crippen LogP contribution in [0.3, 0.4) is 0 Å². The van der Waals surface area contributed by atoms with Gasteiger partial charge in [-0.05, 0) is 38.0 Å². The summed E-state index contributed by atoms with van der Waals surface area (Å²) in [5.74, 6) is -2.58. The van der Waals surface area contributed by atoms with E-state index in [0.29, 0.717) is 42.2 Å². The van der Waals surface area contributed by atoms with Gasteiger partial charge in [-0.3, -0.25) is 4.68 Å². The molecule has 5 rings (SSSR count). The Morgan fingerprint density at radius 3 is 2.59 bits per heavy atom. The van der Waals surface area contributed by atoms with Crippen LogP contribution in [-0.4, -0.2) is 61.0 Å². The highest BCUT2D eigenvalue weighted by molar-refractivity contribution is 5.67. The van der Waals surface area contributed by atoms with Gasteiger partial charge in [0.05, 0.1) is 17.9 Å². The lowest BCUT2D eigenvalue weighted by molar-refractivity contribution is -0.00595. The Bertz CT molecular complexity index is 1110. The molecule has 2 aromatic heterocycles. The van der Waals surface area contributed by atoms with Crippen LogP contribution in [0.5, 0.6) is 0 Å². The van der Waals surface area contributed by atoms with Crippen LogP contribution in [-0.2, 0) is 12.3 Å². The first kappa shape index (κ1) is 23.0. The number of aromatic nitrogens is 4. The predicted molar refractivity (Wildman–Crippen MR) is 123 cm³/mol. The number of alkyl halides is 2. The molecular weight excluding hydrogens is 442 g/mol. The number of anilines is 1. The molecule has 1 amide bonds. The summed E-state index contributed by atoms with van der Waals surface area (Å²) in [6.07, 6.45) is 4.95. The summed E-state index contributed by atoms with van der Waals surface area (Å²) in [5.41, 5.74) is 1.39. The summed E-state index contributed by atoms with van der Waals surface area (Å²) < 4.78 is 31.2. The van der Waals surface area contributed by atoms with E-state index in [9.17, 15) is 18.7 Å². The molecule has 0 spiro atoms. The second kappa shape index (κ2) is 7.88. The molecule has 184 valence electrons. The number of likely N-dealkylation sites (tertiary alicyclic amines) is 1. The summed E-state index contributed by atoms with van der Waals surface area (Å²) in [5, 5.41) is 14.2. The summed E-state index contributed by atoms with van der Waals surface area (Å²) >= 11 is 0. The Morgan fingerprint density at radius 2 is 1.97 bits per heavy atom. The first-order chi connectivity index (χ1) is 16.0. The van der Waals surface area contributed by atoms with Gasteiger partial charge >= 0.3 is 6.09 Å². The van der Waals surface area contributed by atoms with Gasteiger partial charge in [0.2, 0.25) is 5.95 Å². The van der Waals surface area contributed by atoms with Gasteiger partial charge in [-0.1, -0.05) is 20.8 Å². The Labute approximate surface area is 198 Å². The summed E-state index contributed by atoms with van der Waals surface area (Å²) in [6.45, 7) is 9.39. The predicted octanol–water partition coefficient (Wildman–Crippen LogP) is 4.71. The molecule has 0 aromatic carbocycles. The van der Waals surface area contributed by atoms with Crippen LogP contribution >= 0.6 is 0 Å². The number of amides is 1. The largest absolute Gasteiger partial charge is 0.465 e. The highest BCUT2D eigenvalue weighted by Gasteiger charge is 2.44. The van der Waals surface area contributed by atoms with E-state index in [4.69, 9.17) is 4.98 Å². The van der Waals surface area contributed by atoms with Crippen molar-refractivity contribution in [3.8, 4) is 11.3 Å². The topological polar surface area (TPSA) is 87.4 Å². The van der Waals surface area contributed by atoms with Crippen molar-refractivity contribution in [3.05, 3.63) is 23.7 Å². The average molecular weight is 475 g/mol. The molecule has 2 fully saturated rings. The van der Waals surface area contributed by atoms with Crippen molar-refractivity contribution in [3.63, 3.8) is 0 Å². The molecule has 8 nitrogen and oxygen atoms in total. The molecule has 2 aliphatic heterocycles. The fourth-order valence-corrected chi connectivity index (χ4v) is 5.49. The van der Waals surface area contributed by atoms with Gasteiger partial charge in [-0.25, -0.2) is 14.8 Å². The maximum absolute atomic E-state index is 14.7. The molecule has 0 bridgehead atoms. The van der Waals surface area contributed by atoms with Crippen LogP contribution < -0.4 is 4.90 Å². The second-order valence-corrected chi connectivity index (χ2v) is 11.0. The molecule has 3 aliphatic rings. The molecular formula is C24H32F2N6O2. The van der Waals surface area contributed by atoms with E-state index in [1.54, 1.807) is 6.20 Å². The zero-order chi connectivity index (χ0) is 24.4. The third kappa shape index (κ3) is 3.80. The average Bonchev–Trinajstić information content (AvgIpc) is 3.36. The van der Waals surface area contributed by atoms with E-state index in [2.05, 4.69) is 10.1 Å². The van der Waals surface area contributed by atoms with E-state index in [-0.39, 0.29) is 42.1 Å². The van der Waals surface area contributed by atoms with E-state index in [0.717, 1.165) is 13.0 Å². The van der Waals surface area contributed by atoms with Crippen LogP contribution in [0.4, 0.5) is 19.5 Å². The fourth-order valence-electron chi connectivity index (χ4n) is 5.49. The number of piperidine rings is 1. The van der Waals surface area contributed by atoms with Crippen LogP contribution in [0.1, 0.15) is 70.7 Å². The molecule has 2 aromatic rings. The van der Waals surface area contributed by atoms with E-state index in [1.165, 1.54) is 4.90 Å². The van der Waals surface area contributed by atoms with Crippen molar-refractivity contribution in [2.24, 2.45) is 5.41 Å². The van der Waals surface area contributed by atoms with E-state index in [1.807, 2.05) is 43.5 Å². The first-order valence-electron chi connectivity index (χ1n) is 12.1. The minimum Gasteiger partial charge on any atom is -0.465 e. The molecule has 34 heavy (non-hydrogen) atoms. The zero-order valence-corrected chi connectivity index (χ0v) is 20.1. The summed E-state index contributed by atoms with van der Waals surface area (Å²) in [4.78, 5) is 24.3. The Hall–Kier alpha value is -2.78. The minimum absolute atomic E-state index is 0.0276. The number of hydrogen-bond acceptors (Lipinski definition) is 5. The van der Waals surface area contributed by atoms with E-state index >= 15 is 0 Å². The summed E-state index contributed by atoms with van der Waals surface area (Å²) in [6, 6.07) is 0.120. The molecule has 2 saturated heterocycles. The molecule has 0 radical (unpaired) electrons. The first-order valence-corrected chi connectivity index (χ1v) is 12.1. The molecule has 4 heterocycles. The standard InChI is InChI=1S/C24H32F2N6O2/c1-14-6-9-30(14)21-28-19(17-5-8-24(25,26)20(17)29-21)15-12-27-32(13-15)16-7-10-31(22(33)34)18(11-16)23(2,3)4/h12-14,16,18H,5-11H2,1-4H3,(H,33,34). The number of fused-ring (bicyclic) bond motifs is 1. The lowest BCUT2D eigenvalue weighted by Gasteiger charge is -2.44. The van der Waals surface area contributed by atoms with Crippen LogP contribution in [0.15, 0.2) is 12.4 Å². The quantitative estimate of drug-likeness (QED) is 0.694. The zero-order valence-electron chi connectivity index (χ0n) is 20.1. The highest BCUT2D eigenvalue weighted by Crippen LogP contribution is 2.45. The van der Waals surface area contributed by atoms with Crippen molar-refractivity contribution in [1.82, 2.24) is 24.6 Å². The Morgan fingerprint density at radius 1 is 1.21 bits per heavy atom. The van der Waals surface area contributed by atoms with Gasteiger partial charge in [-0.15, -0.1) is 0 Å². The minimum atomic E-state index is -2.95. The van der Waals surface area contributed by atoms with Crippen molar-refractivity contribution >= 4 is 12.0 Å². The second-order valence-electron chi connectivity index (χ2n) is 11.0. The number of rotatable bonds is 3. The van der Waals surface area contributed by atoms with Crippen molar-refractivity contribution < 1.29 is 18.7 Å². The number of hydrogen-bond donors (Lipinski definition) is 1. The van der Waals surface area contributed by atoms with Gasteiger partial charge < -0.3 is 14.9 Å². The van der Waals surface area contributed by atoms with Gasteiger partial charge in [-0.2, -0.15) is 13.9 Å². The van der Waals surface area contributed by atoms with Gasteiger partial charge in [0.15, 0.2) is 0 Å². The molecule has 1 N–H and O–H groups in total. The van der Waals surface area contributed by atoms with E-state index < -0.39 is 12.0 Å². The van der Waals surface area contributed by atoms with Gasteiger partial charge in [0.25, 0.3) is 5.92 Å². The third-order valence-electron chi connectivity index (χ3n) is 7.68. The lowest BCUT2D eigenvalue weighted by Crippen LogP contribution is -2.51. The van der Waals surface area contributed by atoms with Gasteiger partial charge in [0.1, 0.15) is 5.69 Å². The normalized spacial score (nSPS) is 26.4. The molecule has 3 unspecified atom stereocenters. The van der Waals surface area contributed by atoms with Crippen LogP contribution in [0.25, 0.3) is 11.3 Å². The molecule has 10 heteroatoms. The maximum Gasteiger partial charge on any atom is 0.407 e. The maximum atomic E-state index is 14.7. The van der Waals surface area contributed by atoms with Gasteiger partial charge in [0, 0.05) is 48.9 Å². The highest BCUT2D eigenvalue weighted by atomic mass is 19.3. The monoisotopic (exact) mass is 474 g/mol. The molecule has 3 atom stereocenters.